The zero-order valence-electron chi connectivity index (χ0n) is 18.7. The lowest BCUT2D eigenvalue weighted by Crippen LogP contribution is -2.29. The van der Waals surface area contributed by atoms with Crippen molar-refractivity contribution in [1.82, 2.24) is 20.1 Å². The smallest absolute Gasteiger partial charge is 0.271 e. The van der Waals surface area contributed by atoms with Crippen LogP contribution in [-0.4, -0.2) is 37.3 Å². The summed E-state index contributed by atoms with van der Waals surface area (Å²) in [7, 11) is 1.76. The molecule has 11 heteroatoms. The van der Waals surface area contributed by atoms with E-state index in [2.05, 4.69) is 20.8 Å². The van der Waals surface area contributed by atoms with Crippen LogP contribution < -0.4 is 10.6 Å². The monoisotopic (exact) mass is 468 g/mol. The Morgan fingerprint density at radius 1 is 1.15 bits per heavy atom. The molecule has 0 radical (unpaired) electrons. The Labute approximate surface area is 194 Å². The van der Waals surface area contributed by atoms with Gasteiger partial charge in [0, 0.05) is 24.7 Å². The van der Waals surface area contributed by atoms with Crippen LogP contribution >= 0.6 is 11.8 Å². The molecule has 33 heavy (non-hydrogen) atoms. The summed E-state index contributed by atoms with van der Waals surface area (Å²) in [5.74, 6) is 0.0610. The molecule has 1 atom stereocenters. The Hall–Kier alpha value is -3.73. The van der Waals surface area contributed by atoms with E-state index in [-0.39, 0.29) is 23.3 Å². The topological polar surface area (TPSA) is 132 Å². The number of hydrogen-bond donors (Lipinski definition) is 2. The number of aryl methyl sites for hydroxylation is 2. The van der Waals surface area contributed by atoms with Gasteiger partial charge in [0.25, 0.3) is 11.6 Å². The Morgan fingerprint density at radius 2 is 1.88 bits per heavy atom. The minimum atomic E-state index is -0.510. The number of benzene rings is 2. The molecular formula is C22H24N6O4S. The quantitative estimate of drug-likeness (QED) is 0.293. The van der Waals surface area contributed by atoms with Crippen LogP contribution in [0.3, 0.4) is 0 Å². The summed E-state index contributed by atoms with van der Waals surface area (Å²) in [5.41, 5.74) is 2.48. The summed E-state index contributed by atoms with van der Waals surface area (Å²) in [5, 5.41) is 25.4. The second-order valence-electron chi connectivity index (χ2n) is 7.50. The predicted octanol–water partition coefficient (Wildman–Crippen LogP) is 3.56. The van der Waals surface area contributed by atoms with Crippen molar-refractivity contribution in [3.05, 3.63) is 75.1 Å². The van der Waals surface area contributed by atoms with E-state index in [0.29, 0.717) is 22.2 Å². The molecule has 1 heterocycles. The summed E-state index contributed by atoms with van der Waals surface area (Å²) in [4.78, 5) is 35.4. The van der Waals surface area contributed by atoms with E-state index in [1.165, 1.54) is 23.9 Å². The van der Waals surface area contributed by atoms with Crippen molar-refractivity contribution in [3.8, 4) is 0 Å². The van der Waals surface area contributed by atoms with Gasteiger partial charge < -0.3 is 15.2 Å². The number of nitro groups is 1. The third-order valence-electron chi connectivity index (χ3n) is 5.03. The Balaban J connectivity index is 1.61. The number of thioether (sulfide) groups is 1. The van der Waals surface area contributed by atoms with E-state index in [4.69, 9.17) is 0 Å². The molecule has 2 aromatic carbocycles. The average Bonchev–Trinajstić information content (AvgIpc) is 3.14. The summed E-state index contributed by atoms with van der Waals surface area (Å²) in [6.07, 6.45) is 0. The molecule has 0 spiro atoms. The standard InChI is InChI=1S/C22H24N6O4S/c1-13-7-5-6-8-17(13)21(30)23-15(3)20-25-26-22(27(20)4)33-12-19(29)24-18-11-16(28(31)32)10-9-14(18)2/h5-11,15H,12H2,1-4H3,(H,23,30)(H,24,29). The molecule has 3 aromatic rings. The SMILES string of the molecule is Cc1ccc([N+](=O)[O-])cc1NC(=O)CSc1nnc(C(C)NC(=O)c2ccccc2C)n1C. The van der Waals surface area contributed by atoms with Crippen molar-refractivity contribution in [2.75, 3.05) is 11.1 Å². The number of amides is 2. The first-order valence-corrected chi connectivity index (χ1v) is 11.1. The van der Waals surface area contributed by atoms with E-state index in [0.717, 1.165) is 11.1 Å². The maximum Gasteiger partial charge on any atom is 0.271 e. The summed E-state index contributed by atoms with van der Waals surface area (Å²) in [6.45, 7) is 5.44. The molecule has 2 amide bonds. The van der Waals surface area contributed by atoms with E-state index in [1.54, 1.807) is 30.7 Å². The molecule has 10 nitrogen and oxygen atoms in total. The van der Waals surface area contributed by atoms with Crippen LogP contribution in [0.2, 0.25) is 0 Å². The molecule has 1 aromatic heterocycles. The Morgan fingerprint density at radius 3 is 2.58 bits per heavy atom. The van der Waals surface area contributed by atoms with Crippen LogP contribution in [0.5, 0.6) is 0 Å². The number of anilines is 1. The second kappa shape index (κ2) is 10.3. The van der Waals surface area contributed by atoms with E-state index in [9.17, 15) is 19.7 Å². The number of carbonyl (C=O) groups excluding carboxylic acids is 2. The molecule has 1 unspecified atom stereocenters. The molecule has 0 bridgehead atoms. The van der Waals surface area contributed by atoms with Crippen LogP contribution in [-0.2, 0) is 11.8 Å². The van der Waals surface area contributed by atoms with Gasteiger partial charge in [0.2, 0.25) is 5.91 Å². The second-order valence-corrected chi connectivity index (χ2v) is 8.45. The first-order valence-electron chi connectivity index (χ1n) is 10.1. The van der Waals surface area contributed by atoms with Gasteiger partial charge in [-0.1, -0.05) is 36.0 Å². The largest absolute Gasteiger partial charge is 0.342 e. The maximum atomic E-state index is 12.6. The molecule has 0 saturated heterocycles. The minimum absolute atomic E-state index is 0.0397. The van der Waals surface area contributed by atoms with Gasteiger partial charge in [0.15, 0.2) is 11.0 Å². The number of nitrogens with one attached hydrogen (secondary N) is 2. The maximum absolute atomic E-state index is 12.6. The fourth-order valence-corrected chi connectivity index (χ4v) is 3.89. The molecule has 0 aliphatic rings. The molecule has 0 aliphatic carbocycles. The van der Waals surface area contributed by atoms with Gasteiger partial charge in [-0.25, -0.2) is 0 Å². The van der Waals surface area contributed by atoms with Crippen LogP contribution in [0.15, 0.2) is 47.6 Å². The fourth-order valence-electron chi connectivity index (χ4n) is 3.17. The molecule has 0 fully saturated rings. The third kappa shape index (κ3) is 5.75. The Bertz CT molecular complexity index is 1210. The lowest BCUT2D eigenvalue weighted by molar-refractivity contribution is -0.384. The lowest BCUT2D eigenvalue weighted by atomic mass is 10.1. The van der Waals surface area contributed by atoms with E-state index in [1.807, 2.05) is 32.0 Å². The van der Waals surface area contributed by atoms with Crippen molar-refractivity contribution < 1.29 is 14.5 Å². The molecule has 172 valence electrons. The van der Waals surface area contributed by atoms with Gasteiger partial charge in [0.05, 0.1) is 22.4 Å². The summed E-state index contributed by atoms with van der Waals surface area (Å²) < 4.78 is 1.72. The molecule has 2 N–H and O–H groups in total. The number of non-ortho nitro benzene ring substituents is 1. The van der Waals surface area contributed by atoms with Gasteiger partial charge in [-0.2, -0.15) is 0 Å². The first-order chi connectivity index (χ1) is 15.7. The zero-order valence-corrected chi connectivity index (χ0v) is 19.5. The number of rotatable bonds is 8. The van der Waals surface area contributed by atoms with Gasteiger partial charge >= 0.3 is 0 Å². The summed E-state index contributed by atoms with van der Waals surface area (Å²) in [6, 6.07) is 11.2. The van der Waals surface area contributed by atoms with Crippen LogP contribution in [0, 0.1) is 24.0 Å². The van der Waals surface area contributed by atoms with Crippen molar-refractivity contribution in [2.45, 2.75) is 32.0 Å². The first kappa shape index (κ1) is 23.9. The van der Waals surface area contributed by atoms with Gasteiger partial charge in [-0.15, -0.1) is 10.2 Å². The van der Waals surface area contributed by atoms with E-state index >= 15 is 0 Å². The lowest BCUT2D eigenvalue weighted by Gasteiger charge is -2.14. The average molecular weight is 469 g/mol. The van der Waals surface area contributed by atoms with Gasteiger partial charge in [-0.05, 0) is 38.0 Å². The molecule has 3 rings (SSSR count). The minimum Gasteiger partial charge on any atom is -0.342 e. The third-order valence-corrected chi connectivity index (χ3v) is 6.05. The predicted molar refractivity (Wildman–Crippen MR) is 125 cm³/mol. The highest BCUT2D eigenvalue weighted by molar-refractivity contribution is 7.99. The number of carbonyl (C=O) groups is 2. The Kier molecular flexibility index (Phi) is 7.44. The van der Waals surface area contributed by atoms with Crippen molar-refractivity contribution in [1.29, 1.82) is 0 Å². The van der Waals surface area contributed by atoms with Crippen molar-refractivity contribution in [3.63, 3.8) is 0 Å². The van der Waals surface area contributed by atoms with Crippen LogP contribution in [0.1, 0.15) is 40.3 Å². The molecule has 0 aliphatic heterocycles. The number of hydrogen-bond acceptors (Lipinski definition) is 7. The highest BCUT2D eigenvalue weighted by Crippen LogP contribution is 2.23. The van der Waals surface area contributed by atoms with E-state index < -0.39 is 11.0 Å². The fraction of sp³-hybridized carbons (Fsp3) is 0.273. The van der Waals surface area contributed by atoms with Crippen LogP contribution in [0.4, 0.5) is 11.4 Å². The highest BCUT2D eigenvalue weighted by Gasteiger charge is 2.20. The number of aromatic nitrogens is 3. The molecule has 0 saturated carbocycles. The number of nitrogens with zero attached hydrogens (tertiary/aromatic N) is 4. The van der Waals surface area contributed by atoms with Crippen LogP contribution in [0.25, 0.3) is 0 Å². The summed E-state index contributed by atoms with van der Waals surface area (Å²) >= 11 is 1.18. The normalized spacial score (nSPS) is 11.6. The molecular weight excluding hydrogens is 444 g/mol. The number of nitro benzene ring substituents is 1. The highest BCUT2D eigenvalue weighted by atomic mass is 32.2. The van der Waals surface area contributed by atoms with Crippen molar-refractivity contribution >= 4 is 35.0 Å². The zero-order chi connectivity index (χ0) is 24.1. The van der Waals surface area contributed by atoms with Crippen molar-refractivity contribution in [2.24, 2.45) is 7.05 Å². The van der Waals surface area contributed by atoms with Gasteiger partial charge in [-0.3, -0.25) is 19.7 Å². The van der Waals surface area contributed by atoms with Gasteiger partial charge in [0.1, 0.15) is 0 Å².